The number of carbonyl (C=O) groups excluding carboxylic acids is 2. The number of likely N-dealkylation sites (tertiary alicyclic amines) is 1. The van der Waals surface area contributed by atoms with Gasteiger partial charge in [0.1, 0.15) is 0 Å². The maximum absolute atomic E-state index is 12.8. The van der Waals surface area contributed by atoms with Crippen molar-refractivity contribution in [2.75, 3.05) is 19.6 Å². The fraction of sp³-hybridized carbons (Fsp3) is 0.500. The van der Waals surface area contributed by atoms with Crippen molar-refractivity contribution in [2.45, 2.75) is 18.9 Å². The predicted octanol–water partition coefficient (Wildman–Crippen LogP) is 0.176. The van der Waals surface area contributed by atoms with E-state index in [0.29, 0.717) is 32.5 Å². The average molecular weight is 302 g/mol. The molecule has 0 saturated carbocycles. The van der Waals surface area contributed by atoms with E-state index in [2.05, 4.69) is 10.9 Å². The van der Waals surface area contributed by atoms with Crippen LogP contribution >= 0.6 is 0 Å². The van der Waals surface area contributed by atoms with Crippen LogP contribution in [0, 0.1) is 11.8 Å². The van der Waals surface area contributed by atoms with E-state index in [-0.39, 0.29) is 29.7 Å². The summed E-state index contributed by atoms with van der Waals surface area (Å²) in [5.41, 5.74) is 12.8. The van der Waals surface area contributed by atoms with Gasteiger partial charge in [0.25, 0.3) is 0 Å². The largest absolute Gasteiger partial charge is 0.369 e. The SMILES string of the molecule is NC(=O)C1CCN(C(=O)C2CNNC2c2ccccc2)CC1. The molecule has 22 heavy (non-hydrogen) atoms. The van der Waals surface area contributed by atoms with Crippen LogP contribution in [0.2, 0.25) is 0 Å². The van der Waals surface area contributed by atoms with Gasteiger partial charge < -0.3 is 10.6 Å². The van der Waals surface area contributed by atoms with Crippen molar-refractivity contribution in [1.29, 1.82) is 0 Å². The topological polar surface area (TPSA) is 87.5 Å². The van der Waals surface area contributed by atoms with E-state index in [1.165, 1.54) is 0 Å². The summed E-state index contributed by atoms with van der Waals surface area (Å²) in [6.45, 7) is 1.85. The number of carbonyl (C=O) groups is 2. The number of hydrazine groups is 1. The Hall–Kier alpha value is -1.92. The molecule has 1 aromatic carbocycles. The molecule has 3 rings (SSSR count). The van der Waals surface area contributed by atoms with Gasteiger partial charge in [-0.1, -0.05) is 30.3 Å². The van der Waals surface area contributed by atoms with Gasteiger partial charge in [0, 0.05) is 25.6 Å². The maximum atomic E-state index is 12.8. The molecule has 4 N–H and O–H groups in total. The van der Waals surface area contributed by atoms with Gasteiger partial charge in [0.2, 0.25) is 11.8 Å². The van der Waals surface area contributed by atoms with Crippen molar-refractivity contribution in [2.24, 2.45) is 17.6 Å². The van der Waals surface area contributed by atoms with Gasteiger partial charge in [-0.2, -0.15) is 0 Å². The molecule has 6 heteroatoms. The monoisotopic (exact) mass is 302 g/mol. The fourth-order valence-corrected chi connectivity index (χ4v) is 3.32. The first kappa shape index (κ1) is 15.0. The summed E-state index contributed by atoms with van der Waals surface area (Å²) in [4.78, 5) is 25.9. The van der Waals surface area contributed by atoms with Crippen LogP contribution in [0.4, 0.5) is 0 Å². The normalized spacial score (nSPS) is 26.1. The molecule has 6 nitrogen and oxygen atoms in total. The summed E-state index contributed by atoms with van der Waals surface area (Å²) in [6.07, 6.45) is 1.34. The zero-order valence-electron chi connectivity index (χ0n) is 12.5. The first-order valence-corrected chi connectivity index (χ1v) is 7.78. The van der Waals surface area contributed by atoms with Crippen LogP contribution in [0.3, 0.4) is 0 Å². The lowest BCUT2D eigenvalue weighted by Crippen LogP contribution is -2.45. The molecule has 0 spiro atoms. The molecule has 2 fully saturated rings. The van der Waals surface area contributed by atoms with Gasteiger partial charge in [-0.05, 0) is 18.4 Å². The quantitative estimate of drug-likeness (QED) is 0.743. The third-order valence-corrected chi connectivity index (χ3v) is 4.67. The van der Waals surface area contributed by atoms with Crippen LogP contribution in [0.25, 0.3) is 0 Å². The number of hydrogen-bond donors (Lipinski definition) is 3. The molecule has 2 saturated heterocycles. The van der Waals surface area contributed by atoms with Crippen LogP contribution < -0.4 is 16.6 Å². The smallest absolute Gasteiger partial charge is 0.229 e. The van der Waals surface area contributed by atoms with Crippen molar-refractivity contribution in [3.8, 4) is 0 Å². The molecule has 2 aliphatic heterocycles. The Morgan fingerprint density at radius 2 is 1.82 bits per heavy atom. The Kier molecular flexibility index (Phi) is 4.40. The number of amides is 2. The lowest BCUT2D eigenvalue weighted by atomic mass is 9.91. The summed E-state index contributed by atoms with van der Waals surface area (Å²) in [6, 6.07) is 9.98. The van der Waals surface area contributed by atoms with Gasteiger partial charge in [-0.25, -0.2) is 5.43 Å². The third kappa shape index (κ3) is 2.98. The molecule has 2 heterocycles. The third-order valence-electron chi connectivity index (χ3n) is 4.67. The minimum Gasteiger partial charge on any atom is -0.369 e. The number of nitrogens with one attached hydrogen (secondary N) is 2. The highest BCUT2D eigenvalue weighted by Gasteiger charge is 2.37. The van der Waals surface area contributed by atoms with E-state index in [9.17, 15) is 9.59 Å². The van der Waals surface area contributed by atoms with E-state index >= 15 is 0 Å². The van der Waals surface area contributed by atoms with Gasteiger partial charge in [0.15, 0.2) is 0 Å². The first-order chi connectivity index (χ1) is 10.7. The molecule has 0 aromatic heterocycles. The number of hydrogen-bond acceptors (Lipinski definition) is 4. The number of rotatable bonds is 3. The molecular formula is C16H22N4O2. The van der Waals surface area contributed by atoms with E-state index in [1.807, 2.05) is 35.2 Å². The summed E-state index contributed by atoms with van der Waals surface area (Å²) >= 11 is 0. The Bertz CT molecular complexity index is 540. The summed E-state index contributed by atoms with van der Waals surface area (Å²) in [5, 5.41) is 0. The fourth-order valence-electron chi connectivity index (χ4n) is 3.32. The van der Waals surface area contributed by atoms with Crippen LogP contribution in [-0.2, 0) is 9.59 Å². The van der Waals surface area contributed by atoms with Gasteiger partial charge in [-0.15, -0.1) is 0 Å². The Labute approximate surface area is 130 Å². The van der Waals surface area contributed by atoms with Crippen LogP contribution in [0.15, 0.2) is 30.3 Å². The maximum Gasteiger partial charge on any atom is 0.229 e. The number of nitrogens with zero attached hydrogens (tertiary/aromatic N) is 1. The first-order valence-electron chi connectivity index (χ1n) is 7.78. The highest BCUT2D eigenvalue weighted by molar-refractivity contribution is 5.81. The van der Waals surface area contributed by atoms with Crippen molar-refractivity contribution in [1.82, 2.24) is 15.8 Å². The minimum absolute atomic E-state index is 0.0115. The molecule has 1 aromatic rings. The second kappa shape index (κ2) is 6.46. The Balaban J connectivity index is 1.66. The van der Waals surface area contributed by atoms with Crippen molar-refractivity contribution < 1.29 is 9.59 Å². The van der Waals surface area contributed by atoms with E-state index < -0.39 is 0 Å². The predicted molar refractivity (Wildman–Crippen MR) is 82.3 cm³/mol. The second-order valence-corrected chi connectivity index (χ2v) is 6.02. The standard InChI is InChI=1S/C16H22N4O2/c17-15(21)12-6-8-20(9-7-12)16(22)13-10-18-19-14(13)11-4-2-1-3-5-11/h1-5,12-14,18-19H,6-10H2,(H2,17,21). The lowest BCUT2D eigenvalue weighted by molar-refractivity contribution is -0.138. The molecule has 2 unspecified atom stereocenters. The molecule has 0 radical (unpaired) electrons. The summed E-state index contributed by atoms with van der Waals surface area (Å²) in [7, 11) is 0. The van der Waals surface area contributed by atoms with E-state index in [0.717, 1.165) is 5.56 Å². The highest BCUT2D eigenvalue weighted by Crippen LogP contribution is 2.28. The molecule has 2 aliphatic rings. The van der Waals surface area contributed by atoms with Gasteiger partial charge in [0.05, 0.1) is 12.0 Å². The summed E-state index contributed by atoms with van der Waals surface area (Å²) in [5.74, 6) is -0.311. The highest BCUT2D eigenvalue weighted by atomic mass is 16.2. The van der Waals surface area contributed by atoms with Crippen molar-refractivity contribution >= 4 is 11.8 Å². The average Bonchev–Trinajstić information content (AvgIpc) is 3.04. The van der Waals surface area contributed by atoms with E-state index in [1.54, 1.807) is 0 Å². The number of piperidine rings is 1. The number of nitrogens with two attached hydrogens (primary N) is 1. The van der Waals surface area contributed by atoms with Gasteiger partial charge in [-0.3, -0.25) is 15.0 Å². The van der Waals surface area contributed by atoms with Crippen molar-refractivity contribution in [3.63, 3.8) is 0 Å². The summed E-state index contributed by atoms with van der Waals surface area (Å²) < 4.78 is 0. The zero-order chi connectivity index (χ0) is 15.5. The lowest BCUT2D eigenvalue weighted by Gasteiger charge is -2.33. The number of primary amides is 1. The van der Waals surface area contributed by atoms with E-state index in [4.69, 9.17) is 5.73 Å². The van der Waals surface area contributed by atoms with Gasteiger partial charge >= 0.3 is 0 Å². The van der Waals surface area contributed by atoms with Crippen LogP contribution in [-0.4, -0.2) is 36.3 Å². The molecule has 0 aliphatic carbocycles. The molecule has 2 amide bonds. The number of benzene rings is 1. The van der Waals surface area contributed by atoms with Crippen LogP contribution in [0.5, 0.6) is 0 Å². The van der Waals surface area contributed by atoms with Crippen molar-refractivity contribution in [3.05, 3.63) is 35.9 Å². The second-order valence-electron chi connectivity index (χ2n) is 6.02. The molecular weight excluding hydrogens is 280 g/mol. The molecule has 2 atom stereocenters. The molecule has 0 bridgehead atoms. The minimum atomic E-state index is -0.251. The molecule has 118 valence electrons. The van der Waals surface area contributed by atoms with Crippen LogP contribution in [0.1, 0.15) is 24.4 Å². The zero-order valence-corrected chi connectivity index (χ0v) is 12.5. The Morgan fingerprint density at radius 3 is 2.45 bits per heavy atom. The Morgan fingerprint density at radius 1 is 1.14 bits per heavy atom.